The van der Waals surface area contributed by atoms with Gasteiger partial charge in [-0.15, -0.1) is 0 Å². The van der Waals surface area contributed by atoms with Crippen LogP contribution in [0.25, 0.3) is 0 Å². The Morgan fingerprint density at radius 2 is 1.75 bits per heavy atom. The van der Waals surface area contributed by atoms with Crippen molar-refractivity contribution in [3.05, 3.63) is 35.4 Å². The minimum Gasteiger partial charge on any atom is -0.314 e. The fourth-order valence-electron chi connectivity index (χ4n) is 2.28. The maximum absolute atomic E-state index is 12.2. The van der Waals surface area contributed by atoms with Gasteiger partial charge in [-0.25, -0.2) is 0 Å². The minimum atomic E-state index is -4.03. The molecule has 0 saturated heterocycles. The molecule has 0 saturated carbocycles. The van der Waals surface area contributed by atoms with Crippen LogP contribution in [0.1, 0.15) is 43.7 Å². The van der Waals surface area contributed by atoms with Crippen LogP contribution in [0.5, 0.6) is 0 Å². The number of benzene rings is 1. The Balaban J connectivity index is 2.36. The number of alkyl halides is 3. The van der Waals surface area contributed by atoms with Crippen molar-refractivity contribution in [3.8, 4) is 0 Å². The maximum atomic E-state index is 12.2. The standard InChI is InChI=1S/C16H24F3N/c1-3-20-15(5-4-12-16(17,18)19)11-10-14-8-6-13(2)7-9-14/h6-9,15,20H,3-5,10-12H2,1-2H3. The van der Waals surface area contributed by atoms with Crippen molar-refractivity contribution in [2.75, 3.05) is 6.54 Å². The highest BCUT2D eigenvalue weighted by atomic mass is 19.4. The molecule has 4 heteroatoms. The van der Waals surface area contributed by atoms with Gasteiger partial charge < -0.3 is 5.32 Å². The number of hydrogen-bond acceptors (Lipinski definition) is 1. The van der Waals surface area contributed by atoms with Gasteiger partial charge >= 0.3 is 6.18 Å². The van der Waals surface area contributed by atoms with E-state index in [2.05, 4.69) is 29.6 Å². The number of nitrogens with one attached hydrogen (secondary N) is 1. The lowest BCUT2D eigenvalue weighted by molar-refractivity contribution is -0.135. The molecule has 0 aliphatic rings. The number of halogens is 3. The molecule has 1 aromatic rings. The van der Waals surface area contributed by atoms with Crippen LogP contribution in [0, 0.1) is 6.92 Å². The molecule has 0 aliphatic heterocycles. The SMILES string of the molecule is CCNC(CCCC(F)(F)F)CCc1ccc(C)cc1. The molecule has 1 aromatic carbocycles. The van der Waals surface area contributed by atoms with Gasteiger partial charge in [0.2, 0.25) is 0 Å². The first-order valence-electron chi connectivity index (χ1n) is 7.26. The van der Waals surface area contributed by atoms with Gasteiger partial charge in [0.05, 0.1) is 0 Å². The first kappa shape index (κ1) is 17.0. The van der Waals surface area contributed by atoms with Gasteiger partial charge in [-0.2, -0.15) is 13.2 Å². The van der Waals surface area contributed by atoms with Crippen LogP contribution in [0.15, 0.2) is 24.3 Å². The summed E-state index contributed by atoms with van der Waals surface area (Å²) in [7, 11) is 0. The summed E-state index contributed by atoms with van der Waals surface area (Å²) in [5.74, 6) is 0. The van der Waals surface area contributed by atoms with Gasteiger partial charge in [0.1, 0.15) is 0 Å². The first-order valence-corrected chi connectivity index (χ1v) is 7.26. The number of aryl methyl sites for hydroxylation is 2. The smallest absolute Gasteiger partial charge is 0.314 e. The van der Waals surface area contributed by atoms with Crippen molar-refractivity contribution in [1.82, 2.24) is 5.32 Å². The maximum Gasteiger partial charge on any atom is 0.389 e. The van der Waals surface area contributed by atoms with Crippen LogP contribution in [0.3, 0.4) is 0 Å². The lowest BCUT2D eigenvalue weighted by Crippen LogP contribution is -2.29. The van der Waals surface area contributed by atoms with Gasteiger partial charge in [0, 0.05) is 12.5 Å². The zero-order valence-electron chi connectivity index (χ0n) is 12.3. The molecule has 1 N–H and O–H groups in total. The highest BCUT2D eigenvalue weighted by Gasteiger charge is 2.26. The fraction of sp³-hybridized carbons (Fsp3) is 0.625. The molecule has 0 aliphatic carbocycles. The van der Waals surface area contributed by atoms with Crippen molar-refractivity contribution >= 4 is 0 Å². The molecule has 0 amide bonds. The summed E-state index contributed by atoms with van der Waals surface area (Å²) in [5.41, 5.74) is 2.47. The molecule has 1 atom stereocenters. The van der Waals surface area contributed by atoms with Crippen molar-refractivity contribution < 1.29 is 13.2 Å². The summed E-state index contributed by atoms with van der Waals surface area (Å²) in [5, 5.41) is 3.28. The van der Waals surface area contributed by atoms with E-state index >= 15 is 0 Å². The molecule has 1 rings (SSSR count). The third-order valence-electron chi connectivity index (χ3n) is 3.41. The minimum absolute atomic E-state index is 0.170. The van der Waals surface area contributed by atoms with Crippen LogP contribution in [-0.4, -0.2) is 18.8 Å². The quantitative estimate of drug-likeness (QED) is 0.734. The molecule has 0 fully saturated rings. The van der Waals surface area contributed by atoms with Crippen LogP contribution >= 0.6 is 0 Å². The summed E-state index contributed by atoms with van der Waals surface area (Å²) in [4.78, 5) is 0. The van der Waals surface area contributed by atoms with Gasteiger partial charge in [0.15, 0.2) is 0 Å². The van der Waals surface area contributed by atoms with E-state index in [-0.39, 0.29) is 12.5 Å². The van der Waals surface area contributed by atoms with Gasteiger partial charge in [-0.1, -0.05) is 36.8 Å². The Hall–Kier alpha value is -1.03. The summed E-state index contributed by atoms with van der Waals surface area (Å²) in [6, 6.07) is 8.49. The molecular formula is C16H24F3N. The zero-order valence-corrected chi connectivity index (χ0v) is 12.3. The highest BCUT2D eigenvalue weighted by molar-refractivity contribution is 5.21. The zero-order chi connectivity index (χ0) is 15.0. The average molecular weight is 287 g/mol. The summed E-state index contributed by atoms with van der Waals surface area (Å²) >= 11 is 0. The second-order valence-corrected chi connectivity index (χ2v) is 5.29. The lowest BCUT2D eigenvalue weighted by atomic mass is 10.00. The van der Waals surface area contributed by atoms with Crippen molar-refractivity contribution in [2.45, 2.75) is 58.2 Å². The van der Waals surface area contributed by atoms with E-state index < -0.39 is 12.6 Å². The molecule has 1 nitrogen and oxygen atoms in total. The second kappa shape index (κ2) is 8.30. The van der Waals surface area contributed by atoms with E-state index in [9.17, 15) is 13.2 Å². The molecule has 114 valence electrons. The topological polar surface area (TPSA) is 12.0 Å². The Morgan fingerprint density at radius 3 is 2.30 bits per heavy atom. The van der Waals surface area contributed by atoms with E-state index in [0.717, 1.165) is 19.4 Å². The number of hydrogen-bond donors (Lipinski definition) is 1. The van der Waals surface area contributed by atoms with Crippen LogP contribution < -0.4 is 5.32 Å². The van der Waals surface area contributed by atoms with E-state index in [1.54, 1.807) is 0 Å². The van der Waals surface area contributed by atoms with Crippen molar-refractivity contribution in [3.63, 3.8) is 0 Å². The highest BCUT2D eigenvalue weighted by Crippen LogP contribution is 2.23. The molecule has 20 heavy (non-hydrogen) atoms. The molecule has 0 heterocycles. The largest absolute Gasteiger partial charge is 0.389 e. The lowest BCUT2D eigenvalue weighted by Gasteiger charge is -2.18. The van der Waals surface area contributed by atoms with Crippen LogP contribution in [0.4, 0.5) is 13.2 Å². The molecule has 0 radical (unpaired) electrons. The third kappa shape index (κ3) is 7.53. The normalized spacial score (nSPS) is 13.4. The number of rotatable bonds is 8. The molecule has 0 bridgehead atoms. The summed E-state index contributed by atoms with van der Waals surface area (Å²) in [6.07, 6.45) is -2.14. The first-order chi connectivity index (χ1) is 9.40. The fourth-order valence-corrected chi connectivity index (χ4v) is 2.28. The molecule has 0 aromatic heterocycles. The monoisotopic (exact) mass is 287 g/mol. The van der Waals surface area contributed by atoms with Crippen LogP contribution in [-0.2, 0) is 6.42 Å². The van der Waals surface area contributed by atoms with Gasteiger partial charge in [-0.05, 0) is 44.7 Å². The Kier molecular flexibility index (Phi) is 7.06. The predicted octanol–water partition coefficient (Wildman–Crippen LogP) is 4.64. The third-order valence-corrected chi connectivity index (χ3v) is 3.41. The Labute approximate surface area is 119 Å². The molecule has 0 spiro atoms. The van der Waals surface area contributed by atoms with Crippen LogP contribution in [0.2, 0.25) is 0 Å². The van der Waals surface area contributed by atoms with E-state index in [0.29, 0.717) is 6.42 Å². The van der Waals surface area contributed by atoms with E-state index in [1.165, 1.54) is 11.1 Å². The predicted molar refractivity (Wildman–Crippen MR) is 76.9 cm³/mol. The second-order valence-electron chi connectivity index (χ2n) is 5.29. The average Bonchev–Trinajstić information content (AvgIpc) is 2.36. The Bertz CT molecular complexity index is 370. The van der Waals surface area contributed by atoms with Crippen molar-refractivity contribution in [2.24, 2.45) is 0 Å². The van der Waals surface area contributed by atoms with Gasteiger partial charge in [0.25, 0.3) is 0 Å². The molecular weight excluding hydrogens is 263 g/mol. The summed E-state index contributed by atoms with van der Waals surface area (Å²) in [6.45, 7) is 4.83. The molecule has 1 unspecified atom stereocenters. The van der Waals surface area contributed by atoms with Gasteiger partial charge in [-0.3, -0.25) is 0 Å². The van der Waals surface area contributed by atoms with E-state index in [4.69, 9.17) is 0 Å². The van der Waals surface area contributed by atoms with Crippen molar-refractivity contribution in [1.29, 1.82) is 0 Å². The summed E-state index contributed by atoms with van der Waals surface area (Å²) < 4.78 is 36.5. The Morgan fingerprint density at radius 1 is 1.10 bits per heavy atom. The van der Waals surface area contributed by atoms with E-state index in [1.807, 2.05) is 13.8 Å².